The Balaban J connectivity index is 2.82. The zero-order chi connectivity index (χ0) is 9.14. The topological polar surface area (TPSA) is 52.3 Å². The molecule has 0 amide bonds. The molecule has 12 heavy (non-hydrogen) atoms. The van der Waals surface area contributed by atoms with E-state index in [1.54, 1.807) is 13.8 Å². The van der Waals surface area contributed by atoms with E-state index in [9.17, 15) is 4.79 Å². The normalized spacial score (nSPS) is 9.92. The number of aromatic nitrogens is 1. The first-order valence-corrected chi connectivity index (χ1v) is 4.24. The molecule has 0 saturated carbocycles. The predicted molar refractivity (Wildman–Crippen MR) is 44.9 cm³/mol. The number of hydrogen-bond acceptors (Lipinski definition) is 4. The van der Waals surface area contributed by atoms with Gasteiger partial charge in [-0.25, -0.2) is 9.78 Å². The van der Waals surface area contributed by atoms with Crippen molar-refractivity contribution in [2.45, 2.75) is 13.8 Å². The van der Waals surface area contributed by atoms with Crippen LogP contribution < -0.4 is 0 Å². The third kappa shape index (κ3) is 1.85. The summed E-state index contributed by atoms with van der Waals surface area (Å²) >= 11 is 3.10. The number of oxazole rings is 1. The molecule has 1 heterocycles. The van der Waals surface area contributed by atoms with Gasteiger partial charge in [-0.3, -0.25) is 0 Å². The molecular formula is C7H8BrNO3. The second-order valence-corrected chi connectivity index (χ2v) is 2.82. The van der Waals surface area contributed by atoms with Crippen LogP contribution in [-0.2, 0) is 4.74 Å². The molecule has 0 spiro atoms. The highest BCUT2D eigenvalue weighted by Gasteiger charge is 2.15. The molecule has 0 fully saturated rings. The Morgan fingerprint density at radius 1 is 1.75 bits per heavy atom. The number of ether oxygens (including phenoxy) is 1. The Kier molecular flexibility index (Phi) is 2.86. The number of carbonyl (C=O) groups excluding carboxylic acids is 1. The highest BCUT2D eigenvalue weighted by Crippen LogP contribution is 2.17. The van der Waals surface area contributed by atoms with Gasteiger partial charge < -0.3 is 9.15 Å². The van der Waals surface area contributed by atoms with Gasteiger partial charge in [0.2, 0.25) is 0 Å². The molecule has 66 valence electrons. The first kappa shape index (κ1) is 9.25. The van der Waals surface area contributed by atoms with Crippen LogP contribution in [0.1, 0.15) is 23.3 Å². The van der Waals surface area contributed by atoms with Crippen LogP contribution in [-0.4, -0.2) is 17.6 Å². The molecule has 0 atom stereocenters. The van der Waals surface area contributed by atoms with Crippen LogP contribution in [0.5, 0.6) is 0 Å². The Morgan fingerprint density at radius 2 is 2.42 bits per heavy atom. The van der Waals surface area contributed by atoms with Crippen LogP contribution >= 0.6 is 15.9 Å². The summed E-state index contributed by atoms with van der Waals surface area (Å²) in [6, 6.07) is 0. The summed E-state index contributed by atoms with van der Waals surface area (Å²) in [6.45, 7) is 3.77. The number of esters is 1. The maximum atomic E-state index is 11.0. The molecule has 4 nitrogen and oxygen atoms in total. The van der Waals surface area contributed by atoms with Gasteiger partial charge in [-0.05, 0) is 29.8 Å². The van der Waals surface area contributed by atoms with E-state index in [0.29, 0.717) is 17.0 Å². The van der Waals surface area contributed by atoms with E-state index in [1.165, 1.54) is 0 Å². The van der Waals surface area contributed by atoms with Crippen molar-refractivity contribution in [1.82, 2.24) is 4.98 Å². The first-order valence-electron chi connectivity index (χ1n) is 3.45. The highest BCUT2D eigenvalue weighted by molar-refractivity contribution is 9.10. The summed E-state index contributed by atoms with van der Waals surface area (Å²) in [5, 5.41) is 0. The van der Waals surface area contributed by atoms with Crippen LogP contribution in [0, 0.1) is 6.92 Å². The molecule has 0 aliphatic carbocycles. The third-order valence-corrected chi connectivity index (χ3v) is 1.93. The summed E-state index contributed by atoms with van der Waals surface area (Å²) in [5.41, 5.74) is 0.637. The summed E-state index contributed by atoms with van der Waals surface area (Å²) in [6.07, 6.45) is 0. The highest BCUT2D eigenvalue weighted by atomic mass is 79.9. The second-order valence-electron chi connectivity index (χ2n) is 2.10. The molecule has 1 aromatic heterocycles. The van der Waals surface area contributed by atoms with E-state index in [4.69, 9.17) is 4.42 Å². The molecule has 0 unspecified atom stereocenters. The van der Waals surface area contributed by atoms with E-state index in [2.05, 4.69) is 25.7 Å². The van der Waals surface area contributed by atoms with Crippen molar-refractivity contribution >= 4 is 21.9 Å². The Hall–Kier alpha value is -0.840. The minimum atomic E-state index is -0.536. The van der Waals surface area contributed by atoms with Gasteiger partial charge in [0.25, 0.3) is 0 Å². The van der Waals surface area contributed by atoms with Crippen molar-refractivity contribution in [3.63, 3.8) is 0 Å². The molecule has 0 N–H and O–H groups in total. The molecule has 0 radical (unpaired) electrons. The van der Waals surface area contributed by atoms with E-state index < -0.39 is 5.97 Å². The smallest absolute Gasteiger partial charge is 0.394 e. The average molecular weight is 234 g/mol. The van der Waals surface area contributed by atoms with Crippen molar-refractivity contribution in [3.8, 4) is 0 Å². The molecule has 0 aliphatic rings. The maximum Gasteiger partial charge on any atom is 0.394 e. The molecule has 0 aliphatic heterocycles. The van der Waals surface area contributed by atoms with Crippen LogP contribution in [0.15, 0.2) is 9.09 Å². The van der Waals surface area contributed by atoms with E-state index in [0.717, 1.165) is 0 Å². The third-order valence-electron chi connectivity index (χ3n) is 1.19. The minimum Gasteiger partial charge on any atom is -0.459 e. The van der Waals surface area contributed by atoms with Crippen molar-refractivity contribution in [2.75, 3.05) is 6.61 Å². The number of nitrogens with zero attached hydrogens (tertiary/aromatic N) is 1. The lowest BCUT2D eigenvalue weighted by atomic mass is 10.6. The number of halogens is 1. The predicted octanol–water partition coefficient (Wildman–Crippen LogP) is 1.92. The van der Waals surface area contributed by atoms with Crippen LogP contribution in [0.4, 0.5) is 0 Å². The lowest BCUT2D eigenvalue weighted by Crippen LogP contribution is -2.04. The van der Waals surface area contributed by atoms with Gasteiger partial charge in [0.15, 0.2) is 4.67 Å². The number of aryl methyl sites for hydroxylation is 1. The van der Waals surface area contributed by atoms with E-state index in [-0.39, 0.29) is 5.89 Å². The van der Waals surface area contributed by atoms with Gasteiger partial charge in [-0.2, -0.15) is 0 Å². The molecule has 0 bridgehead atoms. The van der Waals surface area contributed by atoms with Crippen LogP contribution in [0.2, 0.25) is 0 Å². The van der Waals surface area contributed by atoms with Crippen molar-refractivity contribution in [3.05, 3.63) is 16.3 Å². The standard InChI is InChI=1S/C7H8BrNO3/c1-3-11-7(10)6-9-4(2)5(8)12-6/h3H2,1-2H3. The molecule has 0 saturated heterocycles. The van der Waals surface area contributed by atoms with Crippen molar-refractivity contribution < 1.29 is 13.9 Å². The molecular weight excluding hydrogens is 226 g/mol. The zero-order valence-corrected chi connectivity index (χ0v) is 8.34. The van der Waals surface area contributed by atoms with Gasteiger partial charge in [0.1, 0.15) is 0 Å². The Morgan fingerprint density at radius 3 is 2.83 bits per heavy atom. The summed E-state index contributed by atoms with van der Waals surface area (Å²) in [7, 11) is 0. The average Bonchev–Trinajstić information content (AvgIpc) is 2.33. The SMILES string of the molecule is CCOC(=O)c1nc(C)c(Br)o1. The number of carbonyl (C=O) groups is 1. The monoisotopic (exact) mass is 233 g/mol. The summed E-state index contributed by atoms with van der Waals surface area (Å²) < 4.78 is 10.1. The van der Waals surface area contributed by atoms with Gasteiger partial charge in [0.05, 0.1) is 12.3 Å². The summed E-state index contributed by atoms with van der Waals surface area (Å²) in [5.74, 6) is -0.549. The van der Waals surface area contributed by atoms with Gasteiger partial charge in [-0.1, -0.05) is 0 Å². The Bertz CT molecular complexity index is 275. The second kappa shape index (κ2) is 3.71. The fourth-order valence-corrected chi connectivity index (χ4v) is 0.900. The van der Waals surface area contributed by atoms with Gasteiger partial charge >= 0.3 is 11.9 Å². The first-order chi connectivity index (χ1) is 5.65. The Labute approximate surface area is 78.0 Å². The maximum absolute atomic E-state index is 11.0. The van der Waals surface area contributed by atoms with Crippen molar-refractivity contribution in [2.24, 2.45) is 0 Å². The molecule has 5 heteroatoms. The lowest BCUT2D eigenvalue weighted by Gasteiger charge is -1.94. The lowest BCUT2D eigenvalue weighted by molar-refractivity contribution is 0.0479. The number of hydrogen-bond donors (Lipinski definition) is 0. The fourth-order valence-electron chi connectivity index (χ4n) is 0.658. The quantitative estimate of drug-likeness (QED) is 0.733. The van der Waals surface area contributed by atoms with Crippen LogP contribution in [0.3, 0.4) is 0 Å². The number of rotatable bonds is 2. The van der Waals surface area contributed by atoms with Gasteiger partial charge in [-0.15, -0.1) is 0 Å². The largest absolute Gasteiger partial charge is 0.459 e. The summed E-state index contributed by atoms with van der Waals surface area (Å²) in [4.78, 5) is 14.9. The minimum absolute atomic E-state index is 0.0128. The van der Waals surface area contributed by atoms with E-state index >= 15 is 0 Å². The van der Waals surface area contributed by atoms with Crippen molar-refractivity contribution in [1.29, 1.82) is 0 Å². The van der Waals surface area contributed by atoms with Crippen LogP contribution in [0.25, 0.3) is 0 Å². The zero-order valence-electron chi connectivity index (χ0n) is 6.76. The fraction of sp³-hybridized carbons (Fsp3) is 0.429. The van der Waals surface area contributed by atoms with E-state index in [1.807, 2.05) is 0 Å². The molecule has 0 aromatic carbocycles. The molecule has 1 aromatic rings. The van der Waals surface area contributed by atoms with Gasteiger partial charge in [0, 0.05) is 0 Å². The molecule has 1 rings (SSSR count).